The number of guanidine groups is 1. The standard InChI is InChI=1S/C20H26ClN5O2.HI/c1-14-3-5-25(12-17(14)26-6-4-23-13-26)20(22-2)24-11-15-9-16(21)19-18(10-15)27-7-8-28-19;/h4,6,9-10,13-14,17H,3,5,7-8,11-12H2,1-2H3,(H,22,24);1H. The van der Waals surface area contributed by atoms with Gasteiger partial charge in [-0.05, 0) is 30.0 Å². The second-order valence-electron chi connectivity index (χ2n) is 7.29. The zero-order valence-electron chi connectivity index (χ0n) is 16.7. The first-order chi connectivity index (χ1) is 13.7. The largest absolute Gasteiger partial charge is 0.486 e. The fourth-order valence-electron chi connectivity index (χ4n) is 3.87. The van der Waals surface area contributed by atoms with E-state index in [1.807, 2.05) is 37.9 Å². The highest BCUT2D eigenvalue weighted by Gasteiger charge is 2.29. The third-order valence-corrected chi connectivity index (χ3v) is 5.73. The van der Waals surface area contributed by atoms with Gasteiger partial charge in [0.15, 0.2) is 17.5 Å². The summed E-state index contributed by atoms with van der Waals surface area (Å²) in [7, 11) is 1.82. The summed E-state index contributed by atoms with van der Waals surface area (Å²) in [5.41, 5.74) is 1.03. The third-order valence-electron chi connectivity index (χ3n) is 5.45. The van der Waals surface area contributed by atoms with Crippen LogP contribution in [0.3, 0.4) is 0 Å². The molecule has 0 saturated carbocycles. The number of nitrogens with one attached hydrogen (secondary N) is 1. The lowest BCUT2D eigenvalue weighted by molar-refractivity contribution is 0.171. The van der Waals surface area contributed by atoms with Crippen LogP contribution in [0.25, 0.3) is 0 Å². The molecule has 29 heavy (non-hydrogen) atoms. The van der Waals surface area contributed by atoms with Crippen molar-refractivity contribution in [1.82, 2.24) is 19.8 Å². The molecule has 0 radical (unpaired) electrons. The number of imidazole rings is 1. The lowest BCUT2D eigenvalue weighted by Gasteiger charge is -2.39. The molecule has 9 heteroatoms. The van der Waals surface area contributed by atoms with Crippen LogP contribution < -0.4 is 14.8 Å². The molecule has 0 bridgehead atoms. The minimum absolute atomic E-state index is 0. The molecular formula is C20H27ClIN5O2. The lowest BCUT2D eigenvalue weighted by atomic mass is 9.93. The number of ether oxygens (including phenoxy) is 2. The Balaban J connectivity index is 0.00000240. The van der Waals surface area contributed by atoms with Crippen LogP contribution in [0.1, 0.15) is 24.9 Å². The number of nitrogens with zero attached hydrogens (tertiary/aromatic N) is 4. The quantitative estimate of drug-likeness (QED) is 0.373. The predicted molar refractivity (Wildman–Crippen MR) is 125 cm³/mol. The van der Waals surface area contributed by atoms with Crippen LogP contribution in [-0.4, -0.2) is 53.8 Å². The van der Waals surface area contributed by atoms with Crippen molar-refractivity contribution in [3.63, 3.8) is 0 Å². The van der Waals surface area contributed by atoms with Crippen molar-refractivity contribution in [2.24, 2.45) is 10.9 Å². The molecule has 7 nitrogen and oxygen atoms in total. The van der Waals surface area contributed by atoms with Gasteiger partial charge in [-0.1, -0.05) is 18.5 Å². The number of rotatable bonds is 3. The van der Waals surface area contributed by atoms with E-state index in [0.717, 1.165) is 31.0 Å². The third kappa shape index (κ3) is 4.91. The van der Waals surface area contributed by atoms with E-state index in [1.54, 1.807) is 0 Å². The Morgan fingerprint density at radius 1 is 1.34 bits per heavy atom. The van der Waals surface area contributed by atoms with E-state index in [2.05, 4.69) is 31.7 Å². The van der Waals surface area contributed by atoms with Crippen LogP contribution >= 0.6 is 35.6 Å². The number of benzene rings is 1. The van der Waals surface area contributed by atoms with Gasteiger partial charge in [-0.15, -0.1) is 24.0 Å². The molecule has 2 atom stereocenters. The first kappa shape index (κ1) is 22.0. The van der Waals surface area contributed by atoms with Crippen LogP contribution in [-0.2, 0) is 6.54 Å². The minimum atomic E-state index is 0. The highest BCUT2D eigenvalue weighted by atomic mass is 127. The van der Waals surface area contributed by atoms with Gasteiger partial charge in [-0.25, -0.2) is 4.98 Å². The monoisotopic (exact) mass is 531 g/mol. The molecular weight excluding hydrogens is 505 g/mol. The zero-order valence-corrected chi connectivity index (χ0v) is 19.8. The van der Waals surface area contributed by atoms with Gasteiger partial charge in [0.05, 0.1) is 17.4 Å². The van der Waals surface area contributed by atoms with E-state index in [-0.39, 0.29) is 24.0 Å². The molecule has 0 aliphatic carbocycles. The van der Waals surface area contributed by atoms with Crippen LogP contribution in [0.4, 0.5) is 0 Å². The molecule has 1 aromatic carbocycles. The van der Waals surface area contributed by atoms with Gasteiger partial charge in [0, 0.05) is 39.1 Å². The molecule has 1 aromatic heterocycles. The van der Waals surface area contributed by atoms with Crippen molar-refractivity contribution < 1.29 is 9.47 Å². The molecule has 2 aliphatic rings. The van der Waals surface area contributed by atoms with E-state index >= 15 is 0 Å². The smallest absolute Gasteiger partial charge is 0.193 e. The van der Waals surface area contributed by atoms with E-state index in [0.29, 0.717) is 48.2 Å². The summed E-state index contributed by atoms with van der Waals surface area (Å²) in [6, 6.07) is 4.29. The molecule has 1 N–H and O–H groups in total. The van der Waals surface area contributed by atoms with Crippen LogP contribution in [0.15, 0.2) is 35.8 Å². The number of piperidine rings is 1. The molecule has 3 heterocycles. The predicted octanol–water partition coefficient (Wildman–Crippen LogP) is 3.58. The topological polar surface area (TPSA) is 63.9 Å². The van der Waals surface area contributed by atoms with Crippen molar-refractivity contribution in [2.75, 3.05) is 33.4 Å². The molecule has 0 amide bonds. The maximum Gasteiger partial charge on any atom is 0.193 e. The fraction of sp³-hybridized carbons (Fsp3) is 0.500. The lowest BCUT2D eigenvalue weighted by Crippen LogP contribution is -2.48. The molecule has 1 saturated heterocycles. The summed E-state index contributed by atoms with van der Waals surface area (Å²) in [5, 5.41) is 4.05. The summed E-state index contributed by atoms with van der Waals surface area (Å²) < 4.78 is 13.5. The van der Waals surface area contributed by atoms with Crippen LogP contribution in [0.5, 0.6) is 11.5 Å². The van der Waals surface area contributed by atoms with Gasteiger partial charge < -0.3 is 24.3 Å². The number of aromatic nitrogens is 2. The van der Waals surface area contributed by atoms with E-state index < -0.39 is 0 Å². The average Bonchev–Trinajstić information content (AvgIpc) is 3.24. The van der Waals surface area contributed by atoms with Gasteiger partial charge in [-0.3, -0.25) is 4.99 Å². The normalized spacial score (nSPS) is 21.5. The van der Waals surface area contributed by atoms with Crippen molar-refractivity contribution in [3.05, 3.63) is 41.4 Å². The fourth-order valence-corrected chi connectivity index (χ4v) is 4.16. The summed E-state index contributed by atoms with van der Waals surface area (Å²) in [4.78, 5) is 11.0. The van der Waals surface area contributed by atoms with Crippen LogP contribution in [0.2, 0.25) is 5.02 Å². The molecule has 0 spiro atoms. The molecule has 4 rings (SSSR count). The number of halogens is 2. The summed E-state index contributed by atoms with van der Waals surface area (Å²) in [6.45, 7) is 5.87. The Morgan fingerprint density at radius 3 is 2.93 bits per heavy atom. The average molecular weight is 532 g/mol. The maximum absolute atomic E-state index is 6.36. The Bertz CT molecular complexity index is 846. The number of hydrogen-bond acceptors (Lipinski definition) is 4. The first-order valence-electron chi connectivity index (χ1n) is 9.66. The van der Waals surface area contributed by atoms with Gasteiger partial charge in [0.1, 0.15) is 13.2 Å². The number of hydrogen-bond donors (Lipinski definition) is 1. The Morgan fingerprint density at radius 2 is 2.17 bits per heavy atom. The molecule has 1 fully saturated rings. The SMILES string of the molecule is CN=C(NCc1cc(Cl)c2c(c1)OCCO2)N1CCC(C)C(n2ccnc2)C1.I. The summed E-state index contributed by atoms with van der Waals surface area (Å²) in [5.74, 6) is 2.83. The summed E-state index contributed by atoms with van der Waals surface area (Å²) in [6.07, 6.45) is 6.89. The Kier molecular flexibility index (Phi) is 7.50. The van der Waals surface area contributed by atoms with Gasteiger partial charge in [-0.2, -0.15) is 0 Å². The van der Waals surface area contributed by atoms with Gasteiger partial charge in [0.2, 0.25) is 0 Å². The number of fused-ring (bicyclic) bond motifs is 1. The highest BCUT2D eigenvalue weighted by molar-refractivity contribution is 14.0. The molecule has 2 unspecified atom stereocenters. The van der Waals surface area contributed by atoms with E-state index in [4.69, 9.17) is 21.1 Å². The molecule has 2 aliphatic heterocycles. The van der Waals surface area contributed by atoms with Crippen LogP contribution in [0, 0.1) is 5.92 Å². The second kappa shape index (κ2) is 9.88. The van der Waals surface area contributed by atoms with Gasteiger partial charge >= 0.3 is 0 Å². The minimum Gasteiger partial charge on any atom is -0.486 e. The Hall–Kier alpha value is -1.68. The number of aliphatic imine (C=N–C) groups is 1. The zero-order chi connectivity index (χ0) is 19.5. The van der Waals surface area contributed by atoms with Crippen molar-refractivity contribution in [3.8, 4) is 11.5 Å². The first-order valence-corrected chi connectivity index (χ1v) is 10.0. The maximum atomic E-state index is 6.36. The van der Waals surface area contributed by atoms with E-state index in [9.17, 15) is 0 Å². The van der Waals surface area contributed by atoms with Crippen molar-refractivity contribution in [2.45, 2.75) is 25.9 Å². The van der Waals surface area contributed by atoms with E-state index in [1.165, 1.54) is 0 Å². The molecule has 2 aromatic rings. The number of likely N-dealkylation sites (tertiary alicyclic amines) is 1. The molecule has 158 valence electrons. The second-order valence-corrected chi connectivity index (χ2v) is 7.70. The summed E-state index contributed by atoms with van der Waals surface area (Å²) >= 11 is 6.36. The highest BCUT2D eigenvalue weighted by Crippen LogP contribution is 2.38. The Labute approximate surface area is 193 Å². The van der Waals surface area contributed by atoms with Gasteiger partial charge in [0.25, 0.3) is 0 Å². The van der Waals surface area contributed by atoms with Crippen molar-refractivity contribution in [1.29, 1.82) is 0 Å². The van der Waals surface area contributed by atoms with Crippen molar-refractivity contribution >= 4 is 41.5 Å².